The van der Waals surface area contributed by atoms with Gasteiger partial charge >= 0.3 is 0 Å². The van der Waals surface area contributed by atoms with Gasteiger partial charge < -0.3 is 9.47 Å². The van der Waals surface area contributed by atoms with Gasteiger partial charge in [-0.25, -0.2) is 4.98 Å². The van der Waals surface area contributed by atoms with Crippen LogP contribution in [0.3, 0.4) is 0 Å². The van der Waals surface area contributed by atoms with Crippen molar-refractivity contribution in [1.29, 1.82) is 5.26 Å². The number of rotatable bonds is 3. The molecule has 0 N–H and O–H groups in total. The lowest BCUT2D eigenvalue weighted by atomic mass is 10.0. The first-order chi connectivity index (χ1) is 12.5. The van der Waals surface area contributed by atoms with E-state index < -0.39 is 0 Å². The molecule has 26 heavy (non-hydrogen) atoms. The van der Waals surface area contributed by atoms with E-state index >= 15 is 0 Å². The Hall–Kier alpha value is -2.84. The summed E-state index contributed by atoms with van der Waals surface area (Å²) in [4.78, 5) is 18.5. The molecule has 5 nitrogen and oxygen atoms in total. The molecule has 0 bridgehead atoms. The van der Waals surface area contributed by atoms with E-state index in [1.807, 2.05) is 35.0 Å². The highest BCUT2D eigenvalue weighted by atomic mass is 35.5. The molecule has 1 aromatic carbocycles. The van der Waals surface area contributed by atoms with Gasteiger partial charge in [0.25, 0.3) is 0 Å². The van der Waals surface area contributed by atoms with Gasteiger partial charge in [-0.3, -0.25) is 4.79 Å². The molecule has 0 saturated carbocycles. The molecule has 0 radical (unpaired) electrons. The second-order valence-electron chi connectivity index (χ2n) is 6.49. The molecular formula is C20H17ClN4O. The number of halogens is 1. The van der Waals surface area contributed by atoms with Crippen LogP contribution in [-0.2, 0) is 17.8 Å². The minimum atomic E-state index is 0.0249. The lowest BCUT2D eigenvalue weighted by Crippen LogP contribution is -2.33. The van der Waals surface area contributed by atoms with Gasteiger partial charge in [0.15, 0.2) is 0 Å². The number of likely N-dealkylation sites (N-methyl/N-ethyl adjacent to an activating group) is 1. The Morgan fingerprint density at radius 1 is 1.38 bits per heavy atom. The quantitative estimate of drug-likeness (QED) is 0.655. The molecule has 3 heterocycles. The van der Waals surface area contributed by atoms with Crippen molar-refractivity contribution in [1.82, 2.24) is 9.55 Å². The Morgan fingerprint density at radius 2 is 2.19 bits per heavy atom. The molecule has 0 fully saturated rings. The highest BCUT2D eigenvalue weighted by Gasteiger charge is 2.26. The van der Waals surface area contributed by atoms with Gasteiger partial charge in [-0.2, -0.15) is 5.26 Å². The average molecular weight is 365 g/mol. The summed E-state index contributed by atoms with van der Waals surface area (Å²) in [6.07, 6.45) is 3.62. The number of aromatic nitrogens is 2. The van der Waals surface area contributed by atoms with Crippen molar-refractivity contribution in [2.75, 3.05) is 11.9 Å². The van der Waals surface area contributed by atoms with Gasteiger partial charge in [0.2, 0.25) is 5.91 Å². The standard InChI is InChI=1S/C20H17ClN4O/c1-3-5-12-8-13(9-22)18(23-20(12)21)15-10-25-11-17(26)24(2)16-7-4-6-14(15)19(16)25/h4,6-8,10H,3,5,11H2,1-2H3. The van der Waals surface area contributed by atoms with E-state index in [-0.39, 0.29) is 12.5 Å². The fraction of sp³-hybridized carbons (Fsp3) is 0.250. The molecule has 0 unspecified atom stereocenters. The van der Waals surface area contributed by atoms with E-state index in [2.05, 4.69) is 18.0 Å². The van der Waals surface area contributed by atoms with Crippen molar-refractivity contribution in [3.8, 4) is 17.3 Å². The summed E-state index contributed by atoms with van der Waals surface area (Å²) in [6.45, 7) is 2.34. The average Bonchev–Trinajstić information content (AvgIpc) is 3.00. The summed E-state index contributed by atoms with van der Waals surface area (Å²) in [5, 5.41) is 11.0. The molecule has 1 aliphatic heterocycles. The molecule has 0 aliphatic carbocycles. The van der Waals surface area contributed by atoms with Crippen molar-refractivity contribution in [3.63, 3.8) is 0 Å². The van der Waals surface area contributed by atoms with Crippen LogP contribution in [0.2, 0.25) is 5.15 Å². The summed E-state index contributed by atoms with van der Waals surface area (Å²) in [5.74, 6) is 0.0249. The third-order valence-corrected chi connectivity index (χ3v) is 5.19. The third-order valence-electron chi connectivity index (χ3n) is 4.86. The monoisotopic (exact) mass is 364 g/mol. The predicted octanol–water partition coefficient (Wildman–Crippen LogP) is 4.16. The van der Waals surface area contributed by atoms with Gasteiger partial charge in [-0.1, -0.05) is 37.1 Å². The first kappa shape index (κ1) is 16.6. The van der Waals surface area contributed by atoms with Crippen LogP contribution in [0.1, 0.15) is 24.5 Å². The smallest absolute Gasteiger partial charge is 0.246 e. The number of pyridine rings is 1. The van der Waals surface area contributed by atoms with Crippen LogP contribution in [-0.4, -0.2) is 22.5 Å². The minimum absolute atomic E-state index is 0.0249. The number of amides is 1. The van der Waals surface area contributed by atoms with Crippen LogP contribution >= 0.6 is 11.6 Å². The molecule has 2 aromatic heterocycles. The summed E-state index contributed by atoms with van der Waals surface area (Å²) >= 11 is 6.38. The second kappa shape index (κ2) is 6.15. The number of carbonyl (C=O) groups excluding carboxylic acids is 1. The zero-order valence-electron chi connectivity index (χ0n) is 14.6. The lowest BCUT2D eigenvalue weighted by Gasteiger charge is -2.24. The molecule has 4 rings (SSSR count). The molecule has 1 amide bonds. The number of para-hydroxylation sites is 1. The maximum atomic E-state index is 12.3. The number of aryl methyl sites for hydroxylation is 1. The highest BCUT2D eigenvalue weighted by Crippen LogP contribution is 2.39. The van der Waals surface area contributed by atoms with Crippen molar-refractivity contribution in [3.05, 3.63) is 46.7 Å². The van der Waals surface area contributed by atoms with Gasteiger partial charge in [0.1, 0.15) is 17.8 Å². The SMILES string of the molecule is CCCc1cc(C#N)c(-c2cn3c4c(cccc24)N(C)C(=O)C3)nc1Cl. The fourth-order valence-corrected chi connectivity index (χ4v) is 3.81. The number of hydrogen-bond donors (Lipinski definition) is 0. The predicted molar refractivity (Wildman–Crippen MR) is 102 cm³/mol. The molecule has 0 spiro atoms. The number of nitriles is 1. The van der Waals surface area contributed by atoms with E-state index in [1.165, 1.54) is 0 Å². The Labute approximate surface area is 156 Å². The molecule has 130 valence electrons. The van der Waals surface area contributed by atoms with Gasteiger partial charge in [-0.05, 0) is 24.1 Å². The Kier molecular flexibility index (Phi) is 3.93. The minimum Gasteiger partial charge on any atom is -0.336 e. The molecule has 6 heteroatoms. The molecule has 0 atom stereocenters. The molecule has 3 aromatic rings. The maximum Gasteiger partial charge on any atom is 0.246 e. The first-order valence-electron chi connectivity index (χ1n) is 8.53. The van der Waals surface area contributed by atoms with Crippen molar-refractivity contribution < 1.29 is 4.79 Å². The van der Waals surface area contributed by atoms with Crippen LogP contribution in [0.4, 0.5) is 5.69 Å². The number of carbonyl (C=O) groups is 1. The summed E-state index contributed by atoms with van der Waals surface area (Å²) in [7, 11) is 1.78. The zero-order valence-corrected chi connectivity index (χ0v) is 15.3. The van der Waals surface area contributed by atoms with E-state index in [1.54, 1.807) is 11.9 Å². The van der Waals surface area contributed by atoms with Crippen LogP contribution < -0.4 is 4.90 Å². The number of nitrogens with zero attached hydrogens (tertiary/aromatic N) is 4. The summed E-state index contributed by atoms with van der Waals surface area (Å²) in [6, 6.07) is 9.92. The largest absolute Gasteiger partial charge is 0.336 e. The molecular weight excluding hydrogens is 348 g/mol. The lowest BCUT2D eigenvalue weighted by molar-refractivity contribution is -0.119. The Bertz CT molecular complexity index is 1090. The number of benzene rings is 1. The van der Waals surface area contributed by atoms with E-state index in [0.717, 1.165) is 40.6 Å². The number of hydrogen-bond acceptors (Lipinski definition) is 3. The second-order valence-corrected chi connectivity index (χ2v) is 6.85. The maximum absolute atomic E-state index is 12.3. The van der Waals surface area contributed by atoms with E-state index in [4.69, 9.17) is 11.6 Å². The fourth-order valence-electron chi connectivity index (χ4n) is 3.58. The first-order valence-corrected chi connectivity index (χ1v) is 8.91. The third kappa shape index (κ3) is 2.38. The summed E-state index contributed by atoms with van der Waals surface area (Å²) in [5.41, 5.74) is 4.61. The van der Waals surface area contributed by atoms with Gasteiger partial charge in [-0.15, -0.1) is 0 Å². The van der Waals surface area contributed by atoms with Crippen molar-refractivity contribution in [2.24, 2.45) is 0 Å². The summed E-state index contributed by atoms with van der Waals surface area (Å²) < 4.78 is 1.93. The van der Waals surface area contributed by atoms with Gasteiger partial charge in [0.05, 0.1) is 22.5 Å². The van der Waals surface area contributed by atoms with Crippen LogP contribution in [0.15, 0.2) is 30.5 Å². The van der Waals surface area contributed by atoms with Crippen LogP contribution in [0, 0.1) is 11.3 Å². The Morgan fingerprint density at radius 3 is 2.92 bits per heavy atom. The molecule has 0 saturated heterocycles. The molecule has 1 aliphatic rings. The number of anilines is 1. The van der Waals surface area contributed by atoms with Crippen molar-refractivity contribution in [2.45, 2.75) is 26.3 Å². The highest BCUT2D eigenvalue weighted by molar-refractivity contribution is 6.30. The topological polar surface area (TPSA) is 61.9 Å². The van der Waals surface area contributed by atoms with Crippen molar-refractivity contribution >= 4 is 34.1 Å². The Balaban J connectivity index is 1.99. The zero-order chi connectivity index (χ0) is 18.4. The van der Waals surface area contributed by atoms with Gasteiger partial charge in [0, 0.05) is 24.2 Å². The van der Waals surface area contributed by atoms with Crippen LogP contribution in [0.5, 0.6) is 0 Å². The van der Waals surface area contributed by atoms with Crippen LogP contribution in [0.25, 0.3) is 22.2 Å². The van der Waals surface area contributed by atoms with E-state index in [0.29, 0.717) is 16.4 Å². The van der Waals surface area contributed by atoms with E-state index in [9.17, 15) is 10.1 Å². The normalized spacial score (nSPS) is 13.3.